The van der Waals surface area contributed by atoms with Gasteiger partial charge in [-0.3, -0.25) is 9.59 Å². The summed E-state index contributed by atoms with van der Waals surface area (Å²) in [5.74, 6) is -2.03. The molecule has 2 N–H and O–H groups in total. The summed E-state index contributed by atoms with van der Waals surface area (Å²) < 4.78 is 0. The zero-order valence-corrected chi connectivity index (χ0v) is 6.54. The van der Waals surface area contributed by atoms with E-state index in [0.29, 0.717) is 6.42 Å². The van der Waals surface area contributed by atoms with Gasteiger partial charge in [-0.1, -0.05) is 0 Å². The summed E-state index contributed by atoms with van der Waals surface area (Å²) in [6.07, 6.45) is 0.468. The van der Waals surface area contributed by atoms with Crippen LogP contribution in [0.1, 0.15) is 19.3 Å². The first-order valence-corrected chi connectivity index (χ1v) is 3.56. The second-order valence-corrected chi connectivity index (χ2v) is 2.62. The van der Waals surface area contributed by atoms with Crippen LogP contribution in [0.4, 0.5) is 0 Å². The summed E-state index contributed by atoms with van der Waals surface area (Å²) in [6.45, 7) is 0. The van der Waals surface area contributed by atoms with E-state index < -0.39 is 17.3 Å². The highest BCUT2D eigenvalue weighted by atomic mass is 35.5. The van der Waals surface area contributed by atoms with Crippen LogP contribution in [0, 0.1) is 0 Å². The summed E-state index contributed by atoms with van der Waals surface area (Å²) in [4.78, 5) is 20.1. The zero-order valence-electron chi connectivity index (χ0n) is 5.79. The summed E-state index contributed by atoms with van der Waals surface area (Å²) in [5, 5.41) is 15.5. The molecule has 0 amide bonds. The van der Waals surface area contributed by atoms with Gasteiger partial charge in [0.05, 0.1) is 0 Å². The minimum atomic E-state index is -1.10. The van der Waals surface area contributed by atoms with Gasteiger partial charge in [0.15, 0.2) is 0 Å². The Morgan fingerprint density at radius 1 is 1.36 bits per heavy atom. The smallest absolute Gasteiger partial charge is 0.321 e. The number of rotatable bonds is 5. The largest absolute Gasteiger partial charge is 0.481 e. The molecule has 1 unspecified atom stereocenters. The maximum atomic E-state index is 10.1. The highest BCUT2D eigenvalue weighted by molar-refractivity contribution is 6.29. The number of aliphatic carboxylic acids is 2. The van der Waals surface area contributed by atoms with Crippen LogP contribution in [-0.4, -0.2) is 27.5 Å². The van der Waals surface area contributed by atoms with Crippen molar-refractivity contribution in [2.75, 3.05) is 0 Å². The fourth-order valence-corrected chi connectivity index (χ4v) is 0.710. The second kappa shape index (κ2) is 4.96. The lowest BCUT2D eigenvalue weighted by Gasteiger charge is -2.00. The van der Waals surface area contributed by atoms with E-state index in [4.69, 9.17) is 21.8 Å². The van der Waals surface area contributed by atoms with Gasteiger partial charge in [-0.05, 0) is 12.8 Å². The predicted octanol–water partition coefficient (Wildman–Crippen LogP) is 0.933. The van der Waals surface area contributed by atoms with Crippen LogP contribution in [0.15, 0.2) is 0 Å². The van der Waals surface area contributed by atoms with Crippen molar-refractivity contribution < 1.29 is 19.8 Å². The van der Waals surface area contributed by atoms with Crippen LogP contribution in [0.5, 0.6) is 0 Å². The summed E-state index contributed by atoms with van der Waals surface area (Å²) in [5.41, 5.74) is 0. The minimum Gasteiger partial charge on any atom is -0.481 e. The van der Waals surface area contributed by atoms with Crippen LogP contribution in [0.25, 0.3) is 0 Å². The van der Waals surface area contributed by atoms with Crippen LogP contribution in [-0.2, 0) is 9.59 Å². The maximum Gasteiger partial charge on any atom is 0.321 e. The molecule has 0 spiro atoms. The van der Waals surface area contributed by atoms with Crippen LogP contribution in [0.2, 0.25) is 0 Å². The van der Waals surface area contributed by atoms with E-state index in [1.807, 2.05) is 0 Å². The molecule has 0 aliphatic heterocycles. The number of hydrogen-bond acceptors (Lipinski definition) is 2. The normalized spacial score (nSPS) is 12.5. The molecular weight excluding hydrogens is 172 g/mol. The fraction of sp³-hybridized carbons (Fsp3) is 0.667. The van der Waals surface area contributed by atoms with E-state index in [9.17, 15) is 9.59 Å². The van der Waals surface area contributed by atoms with Crippen molar-refractivity contribution in [3.63, 3.8) is 0 Å². The van der Waals surface area contributed by atoms with Gasteiger partial charge in [0.25, 0.3) is 0 Å². The van der Waals surface area contributed by atoms with E-state index in [1.54, 1.807) is 0 Å². The van der Waals surface area contributed by atoms with Gasteiger partial charge in [0, 0.05) is 6.42 Å². The molecular formula is C6H9ClO4. The summed E-state index contributed by atoms with van der Waals surface area (Å²) in [6, 6.07) is 0. The minimum absolute atomic E-state index is 0.0312. The van der Waals surface area contributed by atoms with Gasteiger partial charge in [-0.15, -0.1) is 11.6 Å². The Bertz CT molecular complexity index is 157. The molecule has 1 atom stereocenters. The van der Waals surface area contributed by atoms with Crippen LogP contribution >= 0.6 is 11.6 Å². The Morgan fingerprint density at radius 2 is 1.91 bits per heavy atom. The van der Waals surface area contributed by atoms with Crippen molar-refractivity contribution in [3.8, 4) is 0 Å². The van der Waals surface area contributed by atoms with Gasteiger partial charge >= 0.3 is 11.9 Å². The van der Waals surface area contributed by atoms with Gasteiger partial charge < -0.3 is 10.2 Å². The highest BCUT2D eigenvalue weighted by Gasteiger charge is 2.12. The van der Waals surface area contributed by atoms with Gasteiger partial charge in [0.1, 0.15) is 5.38 Å². The molecule has 0 aliphatic carbocycles. The first-order chi connectivity index (χ1) is 5.04. The second-order valence-electron chi connectivity index (χ2n) is 2.09. The van der Waals surface area contributed by atoms with Crippen LogP contribution in [0.3, 0.4) is 0 Å². The number of carboxylic acid groups (broad SMARTS) is 2. The zero-order chi connectivity index (χ0) is 8.85. The molecule has 5 heteroatoms. The maximum absolute atomic E-state index is 10.1. The van der Waals surface area contributed by atoms with Crippen molar-refractivity contribution >= 4 is 23.5 Å². The number of alkyl halides is 1. The third-order valence-corrected chi connectivity index (χ3v) is 1.52. The number of halogens is 1. The van der Waals surface area contributed by atoms with E-state index in [2.05, 4.69) is 0 Å². The fourth-order valence-electron chi connectivity index (χ4n) is 0.556. The molecule has 0 rings (SSSR count). The molecule has 0 saturated carbocycles. The SMILES string of the molecule is O=C(O)CCCC(Cl)C(=O)O. The Balaban J connectivity index is 3.39. The standard InChI is InChI=1S/C6H9ClO4/c7-4(6(10)11)2-1-3-5(8)9/h4H,1-3H2,(H,8,9)(H,10,11). The molecule has 0 bridgehead atoms. The molecule has 4 nitrogen and oxygen atoms in total. The van der Waals surface area contributed by atoms with Crippen molar-refractivity contribution in [3.05, 3.63) is 0 Å². The first kappa shape index (κ1) is 10.2. The van der Waals surface area contributed by atoms with E-state index >= 15 is 0 Å². The highest BCUT2D eigenvalue weighted by Crippen LogP contribution is 2.07. The monoisotopic (exact) mass is 180 g/mol. The van der Waals surface area contributed by atoms with E-state index in [1.165, 1.54) is 0 Å². The Labute approximate surface area is 68.8 Å². The molecule has 0 aromatic carbocycles. The molecule has 0 fully saturated rings. The van der Waals surface area contributed by atoms with Gasteiger partial charge in [-0.25, -0.2) is 0 Å². The average molecular weight is 181 g/mol. The quantitative estimate of drug-likeness (QED) is 0.618. The third kappa shape index (κ3) is 5.66. The number of carbonyl (C=O) groups is 2. The molecule has 0 radical (unpaired) electrons. The van der Waals surface area contributed by atoms with Crippen molar-refractivity contribution in [1.82, 2.24) is 0 Å². The lowest BCUT2D eigenvalue weighted by molar-refractivity contribution is -0.139. The first-order valence-electron chi connectivity index (χ1n) is 3.12. The lowest BCUT2D eigenvalue weighted by atomic mass is 10.2. The average Bonchev–Trinajstić information content (AvgIpc) is 1.86. The molecule has 0 aromatic rings. The van der Waals surface area contributed by atoms with Crippen molar-refractivity contribution in [1.29, 1.82) is 0 Å². The summed E-state index contributed by atoms with van der Waals surface area (Å²) >= 11 is 5.31. The molecule has 0 heterocycles. The van der Waals surface area contributed by atoms with Gasteiger partial charge in [0.2, 0.25) is 0 Å². The Kier molecular flexibility index (Phi) is 4.61. The van der Waals surface area contributed by atoms with E-state index in [0.717, 1.165) is 0 Å². The number of hydrogen-bond donors (Lipinski definition) is 2. The molecule has 0 saturated heterocycles. The Morgan fingerprint density at radius 3 is 2.27 bits per heavy atom. The number of carboxylic acids is 2. The molecule has 0 aliphatic rings. The van der Waals surface area contributed by atoms with Crippen LogP contribution < -0.4 is 0 Å². The van der Waals surface area contributed by atoms with Crippen molar-refractivity contribution in [2.45, 2.75) is 24.6 Å². The molecule has 0 aromatic heterocycles. The molecule has 11 heavy (non-hydrogen) atoms. The summed E-state index contributed by atoms with van der Waals surface area (Å²) in [7, 11) is 0. The van der Waals surface area contributed by atoms with Crippen molar-refractivity contribution in [2.24, 2.45) is 0 Å². The van der Waals surface area contributed by atoms with Gasteiger partial charge in [-0.2, -0.15) is 0 Å². The molecule has 64 valence electrons. The topological polar surface area (TPSA) is 74.6 Å². The predicted molar refractivity (Wildman–Crippen MR) is 38.8 cm³/mol. The Hall–Kier alpha value is -0.770. The third-order valence-electron chi connectivity index (χ3n) is 1.12. The lowest BCUT2D eigenvalue weighted by Crippen LogP contribution is -2.13. The van der Waals surface area contributed by atoms with E-state index in [-0.39, 0.29) is 12.8 Å².